The fraction of sp³-hybridized carbons (Fsp3) is 0.556. The minimum Gasteiger partial charge on any atom is -0.491 e. The van der Waals surface area contributed by atoms with Gasteiger partial charge in [0.25, 0.3) is 0 Å². The fourth-order valence-corrected chi connectivity index (χ4v) is 2.75. The zero-order chi connectivity index (χ0) is 19.3. The van der Waals surface area contributed by atoms with Crippen LogP contribution in [-0.4, -0.2) is 41.7 Å². The lowest BCUT2D eigenvalue weighted by molar-refractivity contribution is -0.120. The van der Waals surface area contributed by atoms with Crippen LogP contribution in [-0.2, 0) is 16.0 Å². The van der Waals surface area contributed by atoms with E-state index in [1.54, 1.807) is 11.0 Å². The van der Waals surface area contributed by atoms with Crippen molar-refractivity contribution in [2.75, 3.05) is 13.2 Å². The van der Waals surface area contributed by atoms with Crippen LogP contribution in [0.1, 0.15) is 39.2 Å². The van der Waals surface area contributed by atoms with E-state index < -0.39 is 17.3 Å². The highest BCUT2D eigenvalue weighted by Gasteiger charge is 2.32. The summed E-state index contributed by atoms with van der Waals surface area (Å²) in [5.74, 6) is 4.33. The molecular weight excluding hydrogens is 341 g/mol. The van der Waals surface area contributed by atoms with Crippen molar-refractivity contribution >= 4 is 12.0 Å². The molecule has 1 fully saturated rings. The topological polar surface area (TPSA) is 93.9 Å². The first-order chi connectivity index (χ1) is 12.2. The number of benzene rings is 1. The van der Waals surface area contributed by atoms with E-state index in [1.807, 2.05) is 26.2 Å². The molecule has 1 atom stereocenters. The number of nitrogens with zero attached hydrogens (tertiary/aromatic N) is 1. The molecule has 0 saturated carbocycles. The average molecular weight is 367 g/mol. The fourth-order valence-electron chi connectivity index (χ4n) is 2.75. The van der Waals surface area contributed by atoms with Crippen molar-refractivity contribution in [1.82, 2.24) is 10.3 Å². The van der Waals surface area contributed by atoms with Gasteiger partial charge >= 0.3 is 6.09 Å². The molecule has 0 aliphatic carbocycles. The molecule has 7 nitrogen and oxygen atoms in total. The first-order valence-electron chi connectivity index (χ1n) is 8.60. The summed E-state index contributed by atoms with van der Waals surface area (Å²) in [6.45, 7) is 6.33. The molecule has 1 aliphatic rings. The molecule has 2 rings (SSSR count). The Morgan fingerprint density at radius 2 is 2.12 bits per heavy atom. The summed E-state index contributed by atoms with van der Waals surface area (Å²) in [6, 6.07) is 4.19. The van der Waals surface area contributed by atoms with Gasteiger partial charge in [-0.1, -0.05) is 6.07 Å². The lowest BCUT2D eigenvalue weighted by atomic mass is 10.1. The molecule has 1 heterocycles. The molecule has 0 spiro atoms. The predicted octanol–water partition coefficient (Wildman–Crippen LogP) is 2.14. The number of carbonyl (C=O) groups excluding carboxylic acids is 2. The zero-order valence-electron chi connectivity index (χ0n) is 15.4. The van der Waals surface area contributed by atoms with Crippen LogP contribution in [0.25, 0.3) is 0 Å². The molecule has 1 aliphatic heterocycles. The minimum atomic E-state index is -0.556. The summed E-state index contributed by atoms with van der Waals surface area (Å²) >= 11 is 0. The molecule has 0 aromatic heterocycles. The van der Waals surface area contributed by atoms with Gasteiger partial charge in [0.05, 0.1) is 12.5 Å². The maximum atomic E-state index is 14.1. The largest absolute Gasteiger partial charge is 0.491 e. The Morgan fingerprint density at radius 1 is 1.38 bits per heavy atom. The smallest absolute Gasteiger partial charge is 0.410 e. The summed E-state index contributed by atoms with van der Waals surface area (Å²) in [6.07, 6.45) is 1.17. The second-order valence-corrected chi connectivity index (χ2v) is 7.28. The Hall–Kier alpha value is -2.35. The summed E-state index contributed by atoms with van der Waals surface area (Å²) in [5.41, 5.74) is 1.64. The standard InChI is InChI=1S/C18H26FN3O4/c1-18(2,3)26-17(24)22-8-4-5-13(22)11-25-14-7-6-12(15(19)10-14)9-16(23)21-20/h6-7,10,13H,4-5,8-9,11,20H2,1-3H3,(H,21,23)/t13-/m1/s1. The van der Waals surface area contributed by atoms with Crippen LogP contribution in [0.4, 0.5) is 9.18 Å². The Morgan fingerprint density at radius 3 is 2.73 bits per heavy atom. The molecule has 3 N–H and O–H groups in total. The van der Waals surface area contributed by atoms with E-state index >= 15 is 0 Å². The van der Waals surface area contributed by atoms with Gasteiger partial charge in [0.15, 0.2) is 0 Å². The lowest BCUT2D eigenvalue weighted by Gasteiger charge is -2.28. The first-order valence-corrected chi connectivity index (χ1v) is 8.60. The lowest BCUT2D eigenvalue weighted by Crippen LogP contribution is -2.42. The van der Waals surface area contributed by atoms with Crippen LogP contribution in [0.2, 0.25) is 0 Å². The molecule has 1 aromatic rings. The molecule has 0 radical (unpaired) electrons. The molecule has 2 amide bonds. The van der Waals surface area contributed by atoms with Gasteiger partial charge in [-0.25, -0.2) is 15.0 Å². The number of hydrogen-bond donors (Lipinski definition) is 2. The van der Waals surface area contributed by atoms with Crippen molar-refractivity contribution in [2.45, 2.75) is 51.7 Å². The third-order valence-electron chi connectivity index (χ3n) is 3.98. The van der Waals surface area contributed by atoms with E-state index in [0.717, 1.165) is 12.8 Å². The highest BCUT2D eigenvalue weighted by Crippen LogP contribution is 2.23. The number of hydrogen-bond acceptors (Lipinski definition) is 5. The molecule has 144 valence electrons. The van der Waals surface area contributed by atoms with E-state index in [0.29, 0.717) is 12.3 Å². The van der Waals surface area contributed by atoms with Gasteiger partial charge in [-0.05, 0) is 45.2 Å². The highest BCUT2D eigenvalue weighted by molar-refractivity contribution is 5.78. The van der Waals surface area contributed by atoms with Crippen LogP contribution in [0, 0.1) is 5.82 Å². The molecule has 8 heteroatoms. The average Bonchev–Trinajstić information content (AvgIpc) is 3.02. The Labute approximate surface area is 152 Å². The SMILES string of the molecule is CC(C)(C)OC(=O)N1CCC[C@@H]1COc1ccc(CC(=O)NN)c(F)c1. The second-order valence-electron chi connectivity index (χ2n) is 7.28. The van der Waals surface area contributed by atoms with Gasteiger partial charge in [0.2, 0.25) is 5.91 Å². The molecule has 0 bridgehead atoms. The van der Waals surface area contributed by atoms with Crippen molar-refractivity contribution in [3.63, 3.8) is 0 Å². The van der Waals surface area contributed by atoms with E-state index in [1.165, 1.54) is 12.1 Å². The number of hydrazine groups is 1. The monoisotopic (exact) mass is 367 g/mol. The van der Waals surface area contributed by atoms with Crippen LogP contribution in [0.15, 0.2) is 18.2 Å². The zero-order valence-corrected chi connectivity index (χ0v) is 15.4. The highest BCUT2D eigenvalue weighted by atomic mass is 19.1. The van der Waals surface area contributed by atoms with E-state index in [-0.39, 0.29) is 30.7 Å². The van der Waals surface area contributed by atoms with Gasteiger partial charge in [-0.3, -0.25) is 10.2 Å². The number of amides is 2. The number of ether oxygens (including phenoxy) is 2. The summed E-state index contributed by atoms with van der Waals surface area (Å²) in [4.78, 5) is 25.1. The minimum absolute atomic E-state index is 0.115. The van der Waals surface area contributed by atoms with Gasteiger partial charge < -0.3 is 14.4 Å². The van der Waals surface area contributed by atoms with Crippen molar-refractivity contribution in [1.29, 1.82) is 0 Å². The van der Waals surface area contributed by atoms with Crippen molar-refractivity contribution in [3.8, 4) is 5.75 Å². The van der Waals surface area contributed by atoms with E-state index in [4.69, 9.17) is 15.3 Å². The summed E-state index contributed by atoms with van der Waals surface area (Å²) in [7, 11) is 0. The van der Waals surface area contributed by atoms with Crippen molar-refractivity contribution in [2.24, 2.45) is 5.84 Å². The second kappa shape index (κ2) is 8.35. The number of nitrogens with one attached hydrogen (secondary N) is 1. The number of nitrogens with two attached hydrogens (primary N) is 1. The summed E-state index contributed by atoms with van der Waals surface area (Å²) < 4.78 is 25.1. The van der Waals surface area contributed by atoms with Crippen LogP contribution in [0.5, 0.6) is 5.75 Å². The van der Waals surface area contributed by atoms with Gasteiger partial charge in [0, 0.05) is 12.6 Å². The Balaban J connectivity index is 1.94. The number of likely N-dealkylation sites (tertiary alicyclic amines) is 1. The third-order valence-corrected chi connectivity index (χ3v) is 3.98. The Kier molecular flexibility index (Phi) is 6.42. The molecule has 0 unspecified atom stereocenters. The predicted molar refractivity (Wildman–Crippen MR) is 93.9 cm³/mol. The Bertz CT molecular complexity index is 660. The third kappa shape index (κ3) is 5.59. The van der Waals surface area contributed by atoms with E-state index in [2.05, 4.69) is 0 Å². The maximum absolute atomic E-state index is 14.1. The quantitative estimate of drug-likeness (QED) is 0.472. The molecule has 1 saturated heterocycles. The van der Waals surface area contributed by atoms with Gasteiger partial charge in [-0.2, -0.15) is 0 Å². The van der Waals surface area contributed by atoms with Crippen LogP contribution in [0.3, 0.4) is 0 Å². The summed E-state index contributed by atoms with van der Waals surface area (Å²) in [5, 5.41) is 0. The van der Waals surface area contributed by atoms with Crippen molar-refractivity contribution < 1.29 is 23.5 Å². The van der Waals surface area contributed by atoms with Crippen LogP contribution >= 0.6 is 0 Å². The molecular formula is C18H26FN3O4. The normalized spacial score (nSPS) is 17.1. The molecule has 26 heavy (non-hydrogen) atoms. The number of rotatable bonds is 5. The van der Waals surface area contributed by atoms with Gasteiger partial charge in [-0.15, -0.1) is 0 Å². The van der Waals surface area contributed by atoms with Crippen LogP contribution < -0.4 is 16.0 Å². The first kappa shape index (κ1) is 20.0. The number of carbonyl (C=O) groups is 2. The maximum Gasteiger partial charge on any atom is 0.410 e. The van der Waals surface area contributed by atoms with Gasteiger partial charge in [0.1, 0.15) is 23.8 Å². The number of halogens is 1. The van der Waals surface area contributed by atoms with E-state index in [9.17, 15) is 14.0 Å². The molecule has 1 aromatic carbocycles. The van der Waals surface area contributed by atoms with Crippen molar-refractivity contribution in [3.05, 3.63) is 29.6 Å².